The summed E-state index contributed by atoms with van der Waals surface area (Å²) in [6, 6.07) is 12.1. The second-order valence-electron chi connectivity index (χ2n) is 4.67. The average Bonchev–Trinajstić information content (AvgIpc) is 2.59. The van der Waals surface area contributed by atoms with Crippen molar-refractivity contribution in [3.63, 3.8) is 0 Å². The van der Waals surface area contributed by atoms with Gasteiger partial charge in [0.05, 0.1) is 12.7 Å². The molecule has 0 aliphatic rings. The summed E-state index contributed by atoms with van der Waals surface area (Å²) in [4.78, 5) is 23.9. The first-order valence-electron chi connectivity index (χ1n) is 6.87. The highest BCUT2D eigenvalue weighted by atomic mass is 79.9. The number of nitrogens with one attached hydrogen (secondary N) is 2. The summed E-state index contributed by atoms with van der Waals surface area (Å²) in [6.07, 6.45) is 2.95. The average molecular weight is 410 g/mol. The fraction of sp³-hybridized carbons (Fsp3) is 0.0588. The van der Waals surface area contributed by atoms with Crippen molar-refractivity contribution < 1.29 is 14.3 Å². The van der Waals surface area contributed by atoms with Crippen LogP contribution in [0, 0.1) is 0 Å². The summed E-state index contributed by atoms with van der Waals surface area (Å²) in [5, 5.41) is 0.391. The summed E-state index contributed by atoms with van der Waals surface area (Å²) in [7, 11) is 1.44. The zero-order valence-electron chi connectivity index (χ0n) is 12.7. The molecule has 0 aliphatic heterocycles. The molecule has 2 aromatic carbocycles. The highest BCUT2D eigenvalue weighted by molar-refractivity contribution is 9.10. The van der Waals surface area contributed by atoms with Gasteiger partial charge in [0.25, 0.3) is 11.8 Å². The fourth-order valence-electron chi connectivity index (χ4n) is 1.83. The molecule has 0 radical (unpaired) electrons. The Hall–Kier alpha value is -2.31. The van der Waals surface area contributed by atoms with Crippen LogP contribution in [0.25, 0.3) is 6.08 Å². The minimum Gasteiger partial charge on any atom is -0.496 e. The SMILES string of the molecule is COc1ccc(Cl)cc1C(=O)NNC(=O)/C=C/c1ccc(Br)cc1. The quantitative estimate of drug-likeness (QED) is 0.599. The lowest BCUT2D eigenvalue weighted by Crippen LogP contribution is -2.40. The van der Waals surface area contributed by atoms with Gasteiger partial charge in [-0.25, -0.2) is 0 Å². The van der Waals surface area contributed by atoms with Crippen molar-refractivity contribution in [2.75, 3.05) is 7.11 Å². The van der Waals surface area contributed by atoms with E-state index in [1.165, 1.54) is 19.3 Å². The molecule has 2 rings (SSSR count). The molecule has 0 saturated heterocycles. The van der Waals surface area contributed by atoms with E-state index in [1.54, 1.807) is 18.2 Å². The first-order chi connectivity index (χ1) is 11.5. The van der Waals surface area contributed by atoms with Crippen LogP contribution in [0.15, 0.2) is 53.0 Å². The summed E-state index contributed by atoms with van der Waals surface area (Å²) >= 11 is 9.21. The van der Waals surface area contributed by atoms with Crippen molar-refractivity contribution in [3.8, 4) is 5.75 Å². The molecule has 0 aromatic heterocycles. The largest absolute Gasteiger partial charge is 0.496 e. The zero-order valence-corrected chi connectivity index (χ0v) is 15.0. The predicted octanol–water partition coefficient (Wildman–Crippen LogP) is 3.59. The maximum absolute atomic E-state index is 12.1. The number of carbonyl (C=O) groups excluding carboxylic acids is 2. The monoisotopic (exact) mass is 408 g/mol. The van der Waals surface area contributed by atoms with Gasteiger partial charge in [-0.1, -0.05) is 39.7 Å². The molecule has 0 fully saturated rings. The molecule has 0 aliphatic carbocycles. The number of methoxy groups -OCH3 is 1. The molecule has 0 unspecified atom stereocenters. The molecule has 0 spiro atoms. The first kappa shape index (κ1) is 18.0. The van der Waals surface area contributed by atoms with Gasteiger partial charge in [0.2, 0.25) is 0 Å². The Labute approximate surface area is 152 Å². The van der Waals surface area contributed by atoms with Crippen molar-refractivity contribution in [1.82, 2.24) is 10.9 Å². The molecule has 0 heterocycles. The minimum atomic E-state index is -0.528. The Morgan fingerprint density at radius 3 is 2.50 bits per heavy atom. The first-order valence-corrected chi connectivity index (χ1v) is 8.04. The summed E-state index contributed by atoms with van der Waals surface area (Å²) in [5.74, 6) is -0.636. The van der Waals surface area contributed by atoms with E-state index in [0.717, 1.165) is 10.0 Å². The van der Waals surface area contributed by atoms with Crippen LogP contribution in [-0.2, 0) is 4.79 Å². The van der Waals surface area contributed by atoms with E-state index in [0.29, 0.717) is 10.8 Å². The second-order valence-corrected chi connectivity index (χ2v) is 6.02. The van der Waals surface area contributed by atoms with Crippen LogP contribution in [0.2, 0.25) is 5.02 Å². The lowest BCUT2D eigenvalue weighted by atomic mass is 10.2. The van der Waals surface area contributed by atoms with Crippen molar-refractivity contribution in [2.24, 2.45) is 0 Å². The number of hydrogen-bond acceptors (Lipinski definition) is 3. The molecule has 0 saturated carbocycles. The molecule has 0 atom stereocenters. The normalized spacial score (nSPS) is 10.5. The lowest BCUT2D eigenvalue weighted by molar-refractivity contribution is -0.117. The van der Waals surface area contributed by atoms with Crippen LogP contribution in [0.5, 0.6) is 5.75 Å². The zero-order chi connectivity index (χ0) is 17.5. The van der Waals surface area contributed by atoms with Gasteiger partial charge in [-0.2, -0.15) is 0 Å². The highest BCUT2D eigenvalue weighted by Crippen LogP contribution is 2.22. The molecule has 2 N–H and O–H groups in total. The fourth-order valence-corrected chi connectivity index (χ4v) is 2.27. The minimum absolute atomic E-state index is 0.224. The van der Waals surface area contributed by atoms with E-state index in [2.05, 4.69) is 26.8 Å². The molecular weight excluding hydrogens is 396 g/mol. The maximum Gasteiger partial charge on any atom is 0.273 e. The Kier molecular flexibility index (Phi) is 6.40. The number of rotatable bonds is 4. The van der Waals surface area contributed by atoms with E-state index in [4.69, 9.17) is 16.3 Å². The maximum atomic E-state index is 12.1. The molecule has 124 valence electrons. The van der Waals surface area contributed by atoms with Crippen molar-refractivity contribution in [2.45, 2.75) is 0 Å². The summed E-state index contributed by atoms with van der Waals surface area (Å²) in [5.41, 5.74) is 5.69. The van der Waals surface area contributed by atoms with Crippen molar-refractivity contribution in [1.29, 1.82) is 0 Å². The lowest BCUT2D eigenvalue weighted by Gasteiger charge is -2.09. The molecule has 24 heavy (non-hydrogen) atoms. The van der Waals surface area contributed by atoms with Gasteiger partial charge in [0.15, 0.2) is 0 Å². The van der Waals surface area contributed by atoms with Crippen LogP contribution in [0.1, 0.15) is 15.9 Å². The topological polar surface area (TPSA) is 67.4 Å². The number of benzene rings is 2. The number of hydrazine groups is 1. The van der Waals surface area contributed by atoms with E-state index in [-0.39, 0.29) is 5.56 Å². The van der Waals surface area contributed by atoms with Crippen LogP contribution >= 0.6 is 27.5 Å². The van der Waals surface area contributed by atoms with Gasteiger partial charge >= 0.3 is 0 Å². The Morgan fingerprint density at radius 1 is 1.12 bits per heavy atom. The highest BCUT2D eigenvalue weighted by Gasteiger charge is 2.13. The second kappa shape index (κ2) is 8.52. The molecule has 0 bridgehead atoms. The van der Waals surface area contributed by atoms with E-state index >= 15 is 0 Å². The molecule has 2 aromatic rings. The number of amides is 2. The van der Waals surface area contributed by atoms with Gasteiger partial charge in [-0.15, -0.1) is 0 Å². The van der Waals surface area contributed by atoms with Gasteiger partial charge in [-0.3, -0.25) is 20.4 Å². The van der Waals surface area contributed by atoms with Crippen LogP contribution in [0.3, 0.4) is 0 Å². The van der Waals surface area contributed by atoms with Gasteiger partial charge in [0.1, 0.15) is 5.75 Å². The van der Waals surface area contributed by atoms with E-state index in [1.807, 2.05) is 24.3 Å². The van der Waals surface area contributed by atoms with E-state index < -0.39 is 11.8 Å². The van der Waals surface area contributed by atoms with Gasteiger partial charge in [0, 0.05) is 15.6 Å². The van der Waals surface area contributed by atoms with Crippen LogP contribution < -0.4 is 15.6 Å². The molecular formula is C17H14BrClN2O3. The van der Waals surface area contributed by atoms with Crippen molar-refractivity contribution >= 4 is 45.4 Å². The van der Waals surface area contributed by atoms with Crippen LogP contribution in [-0.4, -0.2) is 18.9 Å². The number of ether oxygens (including phenoxy) is 1. The number of halogens is 2. The smallest absolute Gasteiger partial charge is 0.273 e. The van der Waals surface area contributed by atoms with Crippen molar-refractivity contribution in [3.05, 3.63) is 69.2 Å². The molecule has 5 nitrogen and oxygen atoms in total. The Bertz CT molecular complexity index is 776. The Balaban J connectivity index is 1.95. The van der Waals surface area contributed by atoms with E-state index in [9.17, 15) is 9.59 Å². The molecule has 7 heteroatoms. The third-order valence-corrected chi connectivity index (χ3v) is 3.77. The molecule has 2 amide bonds. The van der Waals surface area contributed by atoms with Gasteiger partial charge < -0.3 is 4.74 Å². The van der Waals surface area contributed by atoms with Crippen LogP contribution in [0.4, 0.5) is 0 Å². The standard InChI is InChI=1S/C17H14BrClN2O3/c1-24-15-8-7-13(19)10-14(15)17(23)21-20-16(22)9-4-11-2-5-12(18)6-3-11/h2-10H,1H3,(H,20,22)(H,21,23)/b9-4+. The summed E-state index contributed by atoms with van der Waals surface area (Å²) in [6.45, 7) is 0. The summed E-state index contributed by atoms with van der Waals surface area (Å²) < 4.78 is 6.04. The number of carbonyl (C=O) groups is 2. The number of hydrogen-bond donors (Lipinski definition) is 2. The Morgan fingerprint density at radius 2 is 1.83 bits per heavy atom. The third-order valence-electron chi connectivity index (χ3n) is 3.00. The third kappa shape index (κ3) is 5.11. The van der Waals surface area contributed by atoms with Gasteiger partial charge in [-0.05, 0) is 42.0 Å². The predicted molar refractivity (Wildman–Crippen MR) is 96.8 cm³/mol.